The molecule has 1 unspecified atom stereocenters. The highest BCUT2D eigenvalue weighted by atomic mass is 16.6. The van der Waals surface area contributed by atoms with Gasteiger partial charge < -0.3 is 14.2 Å². The van der Waals surface area contributed by atoms with Gasteiger partial charge in [-0.2, -0.15) is 0 Å². The predicted molar refractivity (Wildman–Crippen MR) is 321 cm³/mol. The second-order valence-electron chi connectivity index (χ2n) is 20.9. The van der Waals surface area contributed by atoms with Crippen LogP contribution >= 0.6 is 0 Å². The van der Waals surface area contributed by atoms with Crippen LogP contribution in [0.1, 0.15) is 310 Å². The molecule has 6 nitrogen and oxygen atoms in total. The molecule has 0 aromatic rings. The van der Waals surface area contributed by atoms with E-state index in [9.17, 15) is 14.4 Å². The van der Waals surface area contributed by atoms with E-state index in [2.05, 4.69) is 106 Å². The summed E-state index contributed by atoms with van der Waals surface area (Å²) in [6, 6.07) is 0. The van der Waals surface area contributed by atoms with Crippen LogP contribution in [0.2, 0.25) is 0 Å². The van der Waals surface area contributed by atoms with E-state index >= 15 is 0 Å². The third-order valence-corrected chi connectivity index (χ3v) is 13.6. The Morgan fingerprint density at radius 2 is 0.541 bits per heavy atom. The van der Waals surface area contributed by atoms with Gasteiger partial charge in [0, 0.05) is 19.3 Å². The normalized spacial score (nSPS) is 12.6. The Bertz CT molecular complexity index is 1420. The van der Waals surface area contributed by atoms with Crippen molar-refractivity contribution in [3.8, 4) is 0 Å². The third-order valence-electron chi connectivity index (χ3n) is 13.6. The van der Waals surface area contributed by atoms with Crippen molar-refractivity contribution in [1.82, 2.24) is 0 Å². The lowest BCUT2D eigenvalue weighted by atomic mass is 10.0. The zero-order chi connectivity index (χ0) is 53.6. The van der Waals surface area contributed by atoms with E-state index in [1.165, 1.54) is 167 Å². The summed E-state index contributed by atoms with van der Waals surface area (Å²) in [4.78, 5) is 38.3. The molecule has 426 valence electrons. The van der Waals surface area contributed by atoms with Gasteiger partial charge in [-0.25, -0.2) is 0 Å². The highest BCUT2D eigenvalue weighted by molar-refractivity contribution is 5.71. The monoisotopic (exact) mass is 1030 g/mol. The molecule has 0 saturated heterocycles. The van der Waals surface area contributed by atoms with Gasteiger partial charge in [-0.05, 0) is 109 Å². The molecular weight excluding hydrogens is 913 g/mol. The average Bonchev–Trinajstić information content (AvgIpc) is 3.40. The quantitative estimate of drug-likeness (QED) is 0.0261. The zero-order valence-corrected chi connectivity index (χ0v) is 48.8. The van der Waals surface area contributed by atoms with Crippen molar-refractivity contribution in [2.45, 2.75) is 316 Å². The Kier molecular flexibility index (Phi) is 59.3. The molecule has 0 spiro atoms. The van der Waals surface area contributed by atoms with Gasteiger partial charge in [0.2, 0.25) is 0 Å². The van der Waals surface area contributed by atoms with Crippen LogP contribution in [0.3, 0.4) is 0 Å². The lowest BCUT2D eigenvalue weighted by molar-refractivity contribution is -0.167. The summed E-state index contributed by atoms with van der Waals surface area (Å²) in [7, 11) is 0. The molecule has 0 saturated carbocycles. The van der Waals surface area contributed by atoms with Crippen LogP contribution in [-0.4, -0.2) is 37.2 Å². The van der Waals surface area contributed by atoms with Gasteiger partial charge in [0.05, 0.1) is 0 Å². The SMILES string of the molecule is CC/C=C\C/C=C\C/C=C\C/C=C\CCCCCCCCCCCCCCC(=O)OCC(COC(=O)CCCCCCC/C=C\C/C=C\CCCC)OC(=O)CCCCCCCCC/C=C\CCCCCCCC. The fraction of sp³-hybridized carbons (Fsp3) is 0.750. The van der Waals surface area contributed by atoms with Crippen LogP contribution in [0.25, 0.3) is 0 Å². The number of carbonyl (C=O) groups excluding carboxylic acids is 3. The van der Waals surface area contributed by atoms with E-state index < -0.39 is 6.10 Å². The molecule has 0 heterocycles. The lowest BCUT2D eigenvalue weighted by Gasteiger charge is -2.18. The fourth-order valence-corrected chi connectivity index (χ4v) is 8.86. The van der Waals surface area contributed by atoms with E-state index in [0.29, 0.717) is 19.3 Å². The second kappa shape index (κ2) is 62.1. The molecule has 0 aliphatic carbocycles. The summed E-state index contributed by atoms with van der Waals surface area (Å²) in [6.07, 6.45) is 81.5. The van der Waals surface area contributed by atoms with E-state index in [-0.39, 0.29) is 31.1 Å². The van der Waals surface area contributed by atoms with Crippen molar-refractivity contribution in [3.05, 3.63) is 85.1 Å². The number of carbonyl (C=O) groups is 3. The van der Waals surface area contributed by atoms with E-state index in [4.69, 9.17) is 14.2 Å². The molecule has 74 heavy (non-hydrogen) atoms. The van der Waals surface area contributed by atoms with Gasteiger partial charge >= 0.3 is 17.9 Å². The van der Waals surface area contributed by atoms with Crippen LogP contribution in [-0.2, 0) is 28.6 Å². The molecule has 1 atom stereocenters. The van der Waals surface area contributed by atoms with Crippen LogP contribution < -0.4 is 0 Å². The standard InChI is InChI=1S/C68H118O6/c1-4-7-10-13-16-19-22-25-28-30-31-32-33-34-35-36-37-39-40-43-46-49-52-55-58-61-67(70)73-64-65(63-72-66(69)60-57-54-51-48-45-42-27-24-21-18-15-12-9-6-3)74-68(71)62-59-56-53-50-47-44-41-38-29-26-23-20-17-14-11-8-5-2/h7,10,15-16,18-19,24-29,31-32,65H,4-6,8-9,11-14,17,20-23,30,33-64H2,1-3H3/b10-7-,18-15-,19-16-,27-24-,28-25-,29-26-,32-31-. The number of hydrogen-bond donors (Lipinski definition) is 0. The Balaban J connectivity index is 4.32. The van der Waals surface area contributed by atoms with Gasteiger partial charge in [-0.1, -0.05) is 266 Å². The molecule has 0 aromatic heterocycles. The minimum absolute atomic E-state index is 0.0824. The Hall–Kier alpha value is -3.41. The first-order chi connectivity index (χ1) is 36.5. The number of rotatable bonds is 57. The summed E-state index contributed by atoms with van der Waals surface area (Å²) in [6.45, 7) is 6.49. The molecule has 0 rings (SSSR count). The number of esters is 3. The highest BCUT2D eigenvalue weighted by Gasteiger charge is 2.19. The van der Waals surface area contributed by atoms with Crippen molar-refractivity contribution in [2.24, 2.45) is 0 Å². The molecule has 0 amide bonds. The first kappa shape index (κ1) is 70.6. The largest absolute Gasteiger partial charge is 0.462 e. The fourth-order valence-electron chi connectivity index (χ4n) is 8.86. The van der Waals surface area contributed by atoms with Crippen LogP contribution in [0, 0.1) is 0 Å². The first-order valence-electron chi connectivity index (χ1n) is 31.6. The average molecular weight is 1030 g/mol. The molecule has 0 aliphatic rings. The molecule has 0 aromatic carbocycles. The van der Waals surface area contributed by atoms with Crippen LogP contribution in [0.15, 0.2) is 85.1 Å². The zero-order valence-electron chi connectivity index (χ0n) is 48.8. The number of ether oxygens (including phenoxy) is 3. The minimum atomic E-state index is -0.786. The summed E-state index contributed by atoms with van der Waals surface area (Å²) in [5, 5.41) is 0. The molecule has 0 fully saturated rings. The molecular formula is C68H118O6. The molecule has 0 N–H and O–H groups in total. The summed E-state index contributed by atoms with van der Waals surface area (Å²) < 4.78 is 16.9. The van der Waals surface area contributed by atoms with Crippen molar-refractivity contribution in [1.29, 1.82) is 0 Å². The lowest BCUT2D eigenvalue weighted by Crippen LogP contribution is -2.30. The molecule has 6 heteroatoms. The Labute approximate surface area is 458 Å². The van der Waals surface area contributed by atoms with E-state index in [0.717, 1.165) is 103 Å². The maximum absolute atomic E-state index is 12.9. The number of allylic oxidation sites excluding steroid dienone is 14. The van der Waals surface area contributed by atoms with Crippen LogP contribution in [0.5, 0.6) is 0 Å². The predicted octanol–water partition coefficient (Wildman–Crippen LogP) is 21.5. The topological polar surface area (TPSA) is 78.9 Å². The highest BCUT2D eigenvalue weighted by Crippen LogP contribution is 2.16. The summed E-state index contributed by atoms with van der Waals surface area (Å²) in [5.41, 5.74) is 0. The van der Waals surface area contributed by atoms with Gasteiger partial charge in [0.1, 0.15) is 13.2 Å². The van der Waals surface area contributed by atoms with Crippen LogP contribution in [0.4, 0.5) is 0 Å². The summed E-state index contributed by atoms with van der Waals surface area (Å²) in [5.74, 6) is -0.892. The first-order valence-corrected chi connectivity index (χ1v) is 31.6. The van der Waals surface area contributed by atoms with Crippen molar-refractivity contribution >= 4 is 17.9 Å². The van der Waals surface area contributed by atoms with Gasteiger partial charge in [0.15, 0.2) is 6.10 Å². The Morgan fingerprint density at radius 1 is 0.284 bits per heavy atom. The van der Waals surface area contributed by atoms with Crippen molar-refractivity contribution in [3.63, 3.8) is 0 Å². The maximum atomic E-state index is 12.9. The van der Waals surface area contributed by atoms with Gasteiger partial charge in [0.25, 0.3) is 0 Å². The number of unbranched alkanes of at least 4 members (excludes halogenated alkanes) is 32. The molecule has 0 bridgehead atoms. The van der Waals surface area contributed by atoms with Gasteiger partial charge in [-0.3, -0.25) is 14.4 Å². The van der Waals surface area contributed by atoms with Gasteiger partial charge in [-0.15, -0.1) is 0 Å². The van der Waals surface area contributed by atoms with Crippen molar-refractivity contribution in [2.75, 3.05) is 13.2 Å². The smallest absolute Gasteiger partial charge is 0.306 e. The molecule has 0 aliphatic heterocycles. The molecule has 0 radical (unpaired) electrons. The second-order valence-corrected chi connectivity index (χ2v) is 20.9. The maximum Gasteiger partial charge on any atom is 0.306 e. The summed E-state index contributed by atoms with van der Waals surface area (Å²) >= 11 is 0. The minimum Gasteiger partial charge on any atom is -0.462 e. The van der Waals surface area contributed by atoms with Crippen molar-refractivity contribution < 1.29 is 28.6 Å². The Morgan fingerprint density at radius 3 is 0.878 bits per heavy atom. The van der Waals surface area contributed by atoms with E-state index in [1.54, 1.807) is 0 Å². The third kappa shape index (κ3) is 59.5. The number of hydrogen-bond acceptors (Lipinski definition) is 6. The van der Waals surface area contributed by atoms with E-state index in [1.807, 2.05) is 0 Å².